The summed E-state index contributed by atoms with van der Waals surface area (Å²) in [6, 6.07) is -11.3. The number of hydrogen-bond donors (Lipinski definition) is 4. The van der Waals surface area contributed by atoms with Gasteiger partial charge in [-0.1, -0.05) is 91.9 Å². The lowest BCUT2D eigenvalue weighted by molar-refractivity contribution is -0.182. The molecule has 4 saturated carbocycles. The molecule has 7 aliphatic rings. The van der Waals surface area contributed by atoms with Crippen molar-refractivity contribution in [1.29, 1.82) is 0 Å². The lowest BCUT2D eigenvalue weighted by Crippen LogP contribution is -2.65. The third-order valence-electron chi connectivity index (χ3n) is 23.8. The standard InChI is InChI=1S/C73H119ClF3N13O12S/c1-15-44(4)60-69(100)84(9)45(5)64(95)90-34-31-53(90)68(99)87(12)56(37-46-23-17-16-18-24-46)67(98)83(8)40-58(91)79-52(30-28-47-27-29-50(51(74)36-47)73(75,76)77)65(96)86(11)55(38-49-41-103-42-78-49)63(94)81-72(32-21-22-33-72)71(102)89(14)61(48-25-19-20-26-48)70(101)88(13)57(66(97)82(6)7)39-59(92)85(10)54(35-43(2)3)62(93)80-60/h43-57,60-61,78H,15-42H2,1-14H3,(H,79,91)(H,80,93)(H,81,94)/t44-,45-,47?,49?,50?,51?,52-,53-,54-,55-,56-,57-,60-,61-/m0/s1. The van der Waals surface area contributed by atoms with E-state index in [-0.39, 0.29) is 101 Å². The van der Waals surface area contributed by atoms with Crippen LogP contribution in [0.4, 0.5) is 13.2 Å². The Morgan fingerprint density at radius 1 is 0.660 bits per heavy atom. The predicted octanol–water partition coefficient (Wildman–Crippen LogP) is 5.59. The van der Waals surface area contributed by atoms with Crippen molar-refractivity contribution in [3.8, 4) is 0 Å². The minimum Gasteiger partial charge on any atom is -0.347 e. The van der Waals surface area contributed by atoms with Crippen molar-refractivity contribution in [3.63, 3.8) is 0 Å². The fraction of sp³-hybridized carbons (Fsp3) is 0.836. The Bertz CT molecular complexity index is 3020. The second-order valence-corrected chi connectivity index (χ2v) is 33.2. The summed E-state index contributed by atoms with van der Waals surface area (Å²) in [4.78, 5) is 193. The first-order valence-electron chi connectivity index (χ1n) is 37.7. The molecule has 14 atom stereocenters. The summed E-state index contributed by atoms with van der Waals surface area (Å²) in [7, 11) is 13.1. The van der Waals surface area contributed by atoms with Crippen molar-refractivity contribution in [1.82, 2.24) is 65.4 Å². The maximum absolute atomic E-state index is 15.8. The number of amides is 12. The molecule has 0 aromatic rings. The molecule has 25 nitrogen and oxygen atoms in total. The highest BCUT2D eigenvalue weighted by Gasteiger charge is 2.53. The fourth-order valence-electron chi connectivity index (χ4n) is 16.7. The quantitative estimate of drug-likeness (QED) is 0.164. The summed E-state index contributed by atoms with van der Waals surface area (Å²) in [6.45, 7) is 8.43. The lowest BCUT2D eigenvalue weighted by Gasteiger charge is -2.45. The molecule has 4 unspecified atom stereocenters. The summed E-state index contributed by atoms with van der Waals surface area (Å²) >= 11 is 8.03. The first-order chi connectivity index (χ1) is 48.4. The van der Waals surface area contributed by atoms with Crippen LogP contribution in [0.25, 0.3) is 0 Å². The molecule has 582 valence electrons. The number of nitrogens with one attached hydrogen (secondary N) is 4. The molecule has 0 aromatic carbocycles. The van der Waals surface area contributed by atoms with Crippen molar-refractivity contribution in [2.24, 2.45) is 35.5 Å². The number of likely N-dealkylation sites (N-methyl/N-ethyl adjacent to an activating group) is 8. The normalized spacial score (nSPS) is 31.4. The number of halogens is 4. The number of alkyl halides is 4. The van der Waals surface area contributed by atoms with Gasteiger partial charge < -0.3 is 65.4 Å². The molecular formula is C73H119ClF3N13O12S. The third-order valence-corrected chi connectivity index (χ3v) is 25.3. The van der Waals surface area contributed by atoms with Gasteiger partial charge in [0.05, 0.1) is 18.9 Å². The van der Waals surface area contributed by atoms with Gasteiger partial charge in [0.15, 0.2) is 0 Å². The monoisotopic (exact) mass is 1490 g/mol. The van der Waals surface area contributed by atoms with Gasteiger partial charge in [0.1, 0.15) is 59.9 Å². The van der Waals surface area contributed by atoms with Gasteiger partial charge in [0, 0.05) is 93.0 Å². The minimum atomic E-state index is -4.52. The maximum Gasteiger partial charge on any atom is 0.393 e. The van der Waals surface area contributed by atoms with E-state index >= 15 is 24.0 Å². The Hall–Kier alpha value is -5.97. The van der Waals surface area contributed by atoms with Gasteiger partial charge in [0.25, 0.3) is 0 Å². The van der Waals surface area contributed by atoms with E-state index in [1.807, 2.05) is 20.8 Å². The second kappa shape index (κ2) is 37.0. The highest BCUT2D eigenvalue weighted by molar-refractivity contribution is 7.99. The summed E-state index contributed by atoms with van der Waals surface area (Å²) in [5.74, 6) is -9.72. The number of carbonyl (C=O) groups excluding carboxylic acids is 12. The number of thioether (sulfide) groups is 1. The van der Waals surface area contributed by atoms with Gasteiger partial charge in [-0.15, -0.1) is 23.4 Å². The zero-order valence-corrected chi connectivity index (χ0v) is 65.0. The smallest absolute Gasteiger partial charge is 0.347 e. The predicted molar refractivity (Wildman–Crippen MR) is 386 cm³/mol. The minimum absolute atomic E-state index is 0.0143. The van der Waals surface area contributed by atoms with Crippen LogP contribution in [0.2, 0.25) is 0 Å². The van der Waals surface area contributed by atoms with E-state index < -0.39 is 173 Å². The van der Waals surface area contributed by atoms with Crippen LogP contribution in [-0.2, 0) is 57.5 Å². The van der Waals surface area contributed by atoms with Crippen molar-refractivity contribution < 1.29 is 70.7 Å². The van der Waals surface area contributed by atoms with E-state index in [4.69, 9.17) is 11.6 Å². The first-order valence-corrected chi connectivity index (χ1v) is 39.3. The zero-order chi connectivity index (χ0) is 76.3. The van der Waals surface area contributed by atoms with Crippen LogP contribution in [0.1, 0.15) is 189 Å². The number of carbonyl (C=O) groups is 12. The molecule has 0 aromatic heterocycles. The van der Waals surface area contributed by atoms with E-state index in [1.165, 1.54) is 114 Å². The van der Waals surface area contributed by atoms with E-state index in [2.05, 4.69) is 21.3 Å². The third kappa shape index (κ3) is 20.6. The Morgan fingerprint density at radius 2 is 1.29 bits per heavy atom. The molecule has 4 aliphatic carbocycles. The van der Waals surface area contributed by atoms with Crippen LogP contribution in [0.15, 0.2) is 0 Å². The van der Waals surface area contributed by atoms with Crippen LogP contribution in [0, 0.1) is 35.5 Å². The second-order valence-electron chi connectivity index (χ2n) is 31.6. The highest BCUT2D eigenvalue weighted by atomic mass is 35.5. The maximum atomic E-state index is 15.8. The number of rotatable bonds is 13. The summed E-state index contributed by atoms with van der Waals surface area (Å²) in [6.07, 6.45) is 4.16. The van der Waals surface area contributed by atoms with Crippen LogP contribution >= 0.6 is 23.4 Å². The highest BCUT2D eigenvalue weighted by Crippen LogP contribution is 2.44. The number of hydrogen-bond acceptors (Lipinski definition) is 14. The molecule has 0 bridgehead atoms. The number of fused-ring (bicyclic) bond motifs is 1. The van der Waals surface area contributed by atoms with Gasteiger partial charge in [0.2, 0.25) is 70.9 Å². The summed E-state index contributed by atoms with van der Waals surface area (Å²) in [5.41, 5.74) is -1.60. The van der Waals surface area contributed by atoms with Crippen molar-refractivity contribution >= 4 is 94.2 Å². The Labute approximate surface area is 617 Å². The van der Waals surface area contributed by atoms with Crippen LogP contribution in [-0.4, -0.2) is 281 Å². The lowest BCUT2D eigenvalue weighted by atomic mass is 9.78. The molecule has 4 N–H and O–H groups in total. The molecule has 7 fully saturated rings. The van der Waals surface area contributed by atoms with Crippen molar-refractivity contribution in [2.75, 3.05) is 88.1 Å². The molecule has 0 radical (unpaired) electrons. The first kappa shape index (κ1) is 84.3. The summed E-state index contributed by atoms with van der Waals surface area (Å²) < 4.78 is 42.3. The molecule has 3 heterocycles. The molecule has 3 saturated heterocycles. The Balaban J connectivity index is 1.31. The molecule has 1 spiro atoms. The molecule has 12 amide bonds. The summed E-state index contributed by atoms with van der Waals surface area (Å²) in [5, 5.41) is 11.1. The van der Waals surface area contributed by atoms with Crippen molar-refractivity contribution in [2.45, 2.75) is 266 Å². The topological polar surface area (TPSA) is 282 Å². The average Bonchev–Trinajstić information content (AvgIpc) is 1.72. The molecule has 7 rings (SSSR count). The van der Waals surface area contributed by atoms with Crippen LogP contribution in [0.3, 0.4) is 0 Å². The van der Waals surface area contributed by atoms with Crippen molar-refractivity contribution in [3.05, 3.63) is 0 Å². The van der Waals surface area contributed by atoms with Crippen LogP contribution in [0.5, 0.6) is 0 Å². The number of nitrogens with zero attached hydrogens (tertiary/aromatic N) is 9. The largest absolute Gasteiger partial charge is 0.393 e. The van der Waals surface area contributed by atoms with Gasteiger partial charge >= 0.3 is 6.18 Å². The average molecular weight is 1500 g/mol. The SMILES string of the molecule is CC[C@H](C)[C@@H]1NC(=O)[C@H](CC(C)C)N(C)C(=O)C[C@@H](C(=O)N(C)C)N(C)C(=O)[C@H](C2CCCC2)N(C)C(=O)C2(CCCC2)NC(=O)[C@H](CC2CSCN2)N(C)C(=O)[C@H](CCC2CCC(C(F)(F)F)C(Cl)C2)NC(=O)CN(C)C(=O)[C@H](CC2CCCCC2)N(C)C(=O)[C@@H]2CCN2C(=O)[C@H](C)N(C)C1=O. The molecular weight excluding hydrogens is 1380 g/mol. The Morgan fingerprint density at radius 3 is 1.85 bits per heavy atom. The van der Waals surface area contributed by atoms with Crippen LogP contribution < -0.4 is 21.3 Å². The van der Waals surface area contributed by atoms with E-state index in [0.717, 1.165) is 44.9 Å². The zero-order valence-electron chi connectivity index (χ0n) is 63.5. The van der Waals surface area contributed by atoms with Gasteiger partial charge in [-0.05, 0) is 120 Å². The van der Waals surface area contributed by atoms with Gasteiger partial charge in [-0.25, -0.2) is 0 Å². The molecule has 3 aliphatic heterocycles. The van der Waals surface area contributed by atoms with E-state index in [1.54, 1.807) is 18.7 Å². The fourth-order valence-corrected chi connectivity index (χ4v) is 18.2. The molecule has 103 heavy (non-hydrogen) atoms. The van der Waals surface area contributed by atoms with Gasteiger partial charge in [-0.3, -0.25) is 57.5 Å². The Kier molecular flexibility index (Phi) is 30.3. The molecule has 30 heteroatoms. The van der Waals surface area contributed by atoms with E-state index in [9.17, 15) is 46.7 Å². The van der Waals surface area contributed by atoms with E-state index in [0.29, 0.717) is 43.7 Å². The van der Waals surface area contributed by atoms with Gasteiger partial charge in [-0.2, -0.15) is 13.2 Å².